The van der Waals surface area contributed by atoms with E-state index >= 15 is 0 Å². The molecule has 0 saturated heterocycles. The molecule has 0 heterocycles. The predicted octanol–water partition coefficient (Wildman–Crippen LogP) is 3.05. The highest BCUT2D eigenvalue weighted by Gasteiger charge is 2.27. The second kappa shape index (κ2) is 7.41. The molecule has 0 atom stereocenters. The molecule has 5 nitrogen and oxygen atoms in total. The third-order valence-corrected chi connectivity index (χ3v) is 2.72. The third kappa shape index (κ3) is 6.58. The summed E-state index contributed by atoms with van der Waals surface area (Å²) in [5.41, 5.74) is -0.0690. The molecule has 0 aliphatic carbocycles. The van der Waals surface area contributed by atoms with Gasteiger partial charge in [-0.1, -0.05) is 15.9 Å². The van der Waals surface area contributed by atoms with E-state index in [0.29, 0.717) is 4.47 Å². The molecule has 0 aliphatic rings. The van der Waals surface area contributed by atoms with Crippen LogP contribution in [-0.2, 0) is 9.53 Å². The lowest BCUT2D eigenvalue weighted by atomic mass is 10.2. The maximum Gasteiger partial charge on any atom is 0.411 e. The Labute approximate surface area is 126 Å². The summed E-state index contributed by atoms with van der Waals surface area (Å²) in [5.74, 6) is -1.87. The van der Waals surface area contributed by atoms with Gasteiger partial charge in [0.25, 0.3) is 0 Å². The topological polar surface area (TPSA) is 75.6 Å². The van der Waals surface area contributed by atoms with E-state index in [0.717, 1.165) is 0 Å². The summed E-state index contributed by atoms with van der Waals surface area (Å²) in [7, 11) is 0. The molecule has 0 radical (unpaired) electrons. The average molecular weight is 370 g/mol. The number of rotatable bonds is 6. The fourth-order valence-corrected chi connectivity index (χ4v) is 1.73. The van der Waals surface area contributed by atoms with Gasteiger partial charge in [-0.15, -0.1) is 0 Å². The first kappa shape index (κ1) is 17.4. The van der Waals surface area contributed by atoms with Crippen LogP contribution in [0.5, 0.6) is 0 Å². The van der Waals surface area contributed by atoms with Crippen LogP contribution in [-0.4, -0.2) is 36.4 Å². The zero-order valence-electron chi connectivity index (χ0n) is 10.5. The van der Waals surface area contributed by atoms with E-state index in [4.69, 9.17) is 5.11 Å². The molecule has 0 fully saturated rings. The Morgan fingerprint density at radius 3 is 2.57 bits per heavy atom. The Hall–Kier alpha value is -1.61. The SMILES string of the molecule is O=C(CCOCC(F)(F)F)Nc1cc(Br)ccc1C(=O)O. The van der Waals surface area contributed by atoms with Crippen LogP contribution in [0.4, 0.5) is 18.9 Å². The summed E-state index contributed by atoms with van der Waals surface area (Å²) in [4.78, 5) is 22.5. The Bertz CT molecular complexity index is 534. The molecule has 0 spiro atoms. The van der Waals surface area contributed by atoms with Gasteiger partial charge in [0.15, 0.2) is 0 Å². The smallest absolute Gasteiger partial charge is 0.411 e. The molecule has 1 rings (SSSR count). The molecule has 0 saturated carbocycles. The van der Waals surface area contributed by atoms with Crippen LogP contribution >= 0.6 is 15.9 Å². The zero-order valence-corrected chi connectivity index (χ0v) is 12.1. The quantitative estimate of drug-likeness (QED) is 0.755. The summed E-state index contributed by atoms with van der Waals surface area (Å²) < 4.78 is 40.3. The Morgan fingerprint density at radius 1 is 1.33 bits per heavy atom. The van der Waals surface area contributed by atoms with Crippen LogP contribution in [0, 0.1) is 0 Å². The van der Waals surface area contributed by atoms with Crippen molar-refractivity contribution in [2.45, 2.75) is 12.6 Å². The lowest BCUT2D eigenvalue weighted by Crippen LogP contribution is -2.20. The van der Waals surface area contributed by atoms with Gasteiger partial charge in [0, 0.05) is 4.47 Å². The molecule has 1 amide bonds. The van der Waals surface area contributed by atoms with Crippen LogP contribution < -0.4 is 5.32 Å². The van der Waals surface area contributed by atoms with E-state index in [9.17, 15) is 22.8 Å². The van der Waals surface area contributed by atoms with Gasteiger partial charge in [-0.05, 0) is 18.2 Å². The first-order chi connectivity index (χ1) is 9.69. The Kier molecular flexibility index (Phi) is 6.16. The summed E-state index contributed by atoms with van der Waals surface area (Å²) in [5, 5.41) is 11.3. The van der Waals surface area contributed by atoms with Crippen molar-refractivity contribution >= 4 is 33.5 Å². The molecule has 21 heavy (non-hydrogen) atoms. The standard InChI is InChI=1S/C12H11BrF3NO4/c13-7-1-2-8(11(19)20)9(5-7)17-10(18)3-4-21-6-12(14,15)16/h1-2,5H,3-4,6H2,(H,17,18)(H,19,20). The van der Waals surface area contributed by atoms with Crippen molar-refractivity contribution < 1.29 is 32.6 Å². The van der Waals surface area contributed by atoms with Crippen molar-refractivity contribution in [3.05, 3.63) is 28.2 Å². The lowest BCUT2D eigenvalue weighted by molar-refractivity contribution is -0.174. The van der Waals surface area contributed by atoms with Gasteiger partial charge in [0.2, 0.25) is 5.91 Å². The van der Waals surface area contributed by atoms with Crippen LogP contribution in [0.15, 0.2) is 22.7 Å². The monoisotopic (exact) mass is 369 g/mol. The van der Waals surface area contributed by atoms with Crippen molar-refractivity contribution in [1.82, 2.24) is 0 Å². The van der Waals surface area contributed by atoms with Gasteiger partial charge in [0.1, 0.15) is 6.61 Å². The van der Waals surface area contributed by atoms with E-state index in [-0.39, 0.29) is 17.7 Å². The molecule has 0 bridgehead atoms. The number of amides is 1. The largest absolute Gasteiger partial charge is 0.478 e. The van der Waals surface area contributed by atoms with Crippen molar-refractivity contribution in [3.63, 3.8) is 0 Å². The molecule has 1 aromatic carbocycles. The number of aromatic carboxylic acids is 1. The number of carboxylic acids is 1. The fourth-order valence-electron chi connectivity index (χ4n) is 1.37. The summed E-state index contributed by atoms with van der Waals surface area (Å²) >= 11 is 3.13. The number of carbonyl (C=O) groups is 2. The number of nitrogens with one attached hydrogen (secondary N) is 1. The van der Waals surface area contributed by atoms with Crippen LogP contribution in [0.3, 0.4) is 0 Å². The number of hydrogen-bond donors (Lipinski definition) is 2. The number of ether oxygens (including phenoxy) is 1. The minimum atomic E-state index is -4.45. The maximum atomic E-state index is 11.8. The van der Waals surface area contributed by atoms with E-state index in [1.54, 1.807) is 0 Å². The number of anilines is 1. The van der Waals surface area contributed by atoms with Crippen LogP contribution in [0.1, 0.15) is 16.8 Å². The highest BCUT2D eigenvalue weighted by molar-refractivity contribution is 9.10. The number of carboxylic acid groups (broad SMARTS) is 1. The first-order valence-electron chi connectivity index (χ1n) is 5.66. The molecular formula is C12H11BrF3NO4. The minimum Gasteiger partial charge on any atom is -0.478 e. The van der Waals surface area contributed by atoms with Crippen LogP contribution in [0.2, 0.25) is 0 Å². The number of halogens is 4. The number of carbonyl (C=O) groups excluding carboxylic acids is 1. The second-order valence-electron chi connectivity index (χ2n) is 3.96. The Balaban J connectivity index is 2.55. The van der Waals surface area contributed by atoms with Gasteiger partial charge >= 0.3 is 12.1 Å². The lowest BCUT2D eigenvalue weighted by Gasteiger charge is -2.10. The van der Waals surface area contributed by atoms with Gasteiger partial charge < -0.3 is 15.2 Å². The molecular weight excluding hydrogens is 359 g/mol. The molecule has 1 aromatic rings. The molecule has 0 unspecified atom stereocenters. The number of benzene rings is 1. The van der Waals surface area contributed by atoms with Gasteiger partial charge in [0.05, 0.1) is 24.3 Å². The molecule has 9 heteroatoms. The highest BCUT2D eigenvalue weighted by Crippen LogP contribution is 2.22. The van der Waals surface area contributed by atoms with Crippen molar-refractivity contribution in [2.75, 3.05) is 18.5 Å². The molecule has 0 aromatic heterocycles. The summed E-state index contributed by atoms with van der Waals surface area (Å²) in [6.45, 7) is -1.85. The van der Waals surface area contributed by atoms with Crippen molar-refractivity contribution in [3.8, 4) is 0 Å². The highest BCUT2D eigenvalue weighted by atomic mass is 79.9. The van der Waals surface area contributed by atoms with Gasteiger partial charge in [-0.2, -0.15) is 13.2 Å². The van der Waals surface area contributed by atoms with E-state index in [1.807, 2.05) is 0 Å². The molecule has 116 valence electrons. The maximum absolute atomic E-state index is 11.8. The van der Waals surface area contributed by atoms with Crippen molar-refractivity contribution in [2.24, 2.45) is 0 Å². The zero-order chi connectivity index (χ0) is 16.0. The number of alkyl halides is 3. The van der Waals surface area contributed by atoms with E-state index in [2.05, 4.69) is 26.0 Å². The van der Waals surface area contributed by atoms with E-state index in [1.165, 1.54) is 18.2 Å². The summed E-state index contributed by atoms with van der Waals surface area (Å²) in [6.07, 6.45) is -4.76. The third-order valence-electron chi connectivity index (χ3n) is 2.23. The average Bonchev–Trinajstić information content (AvgIpc) is 2.33. The molecule has 0 aliphatic heterocycles. The van der Waals surface area contributed by atoms with Crippen LogP contribution in [0.25, 0.3) is 0 Å². The van der Waals surface area contributed by atoms with Gasteiger partial charge in [-0.3, -0.25) is 4.79 Å². The van der Waals surface area contributed by atoms with Gasteiger partial charge in [-0.25, -0.2) is 4.79 Å². The molecule has 2 N–H and O–H groups in total. The summed E-state index contributed by atoms with van der Waals surface area (Å²) in [6, 6.07) is 4.17. The fraction of sp³-hybridized carbons (Fsp3) is 0.333. The predicted molar refractivity (Wildman–Crippen MR) is 71.2 cm³/mol. The Morgan fingerprint density at radius 2 is 2.00 bits per heavy atom. The minimum absolute atomic E-state index is 0.0534. The van der Waals surface area contributed by atoms with E-state index < -0.39 is 31.3 Å². The normalized spacial score (nSPS) is 11.2. The second-order valence-corrected chi connectivity index (χ2v) is 4.88. The first-order valence-corrected chi connectivity index (χ1v) is 6.45. The van der Waals surface area contributed by atoms with Crippen molar-refractivity contribution in [1.29, 1.82) is 0 Å². The number of hydrogen-bond acceptors (Lipinski definition) is 3.